The lowest BCUT2D eigenvalue weighted by Crippen LogP contribution is -2.51. The number of hydrogen-bond acceptors (Lipinski definition) is 3. The number of nitrogens with zero attached hydrogens (tertiary/aromatic N) is 1. The van der Waals surface area contributed by atoms with E-state index in [0.29, 0.717) is 18.9 Å². The first-order chi connectivity index (χ1) is 6.91. The van der Waals surface area contributed by atoms with Crippen LogP contribution in [0.25, 0.3) is 0 Å². The van der Waals surface area contributed by atoms with E-state index in [1.165, 1.54) is 0 Å². The fourth-order valence-corrected chi connectivity index (χ4v) is 2.07. The number of carboxylic acids is 1. The maximum atomic E-state index is 11.0. The van der Waals surface area contributed by atoms with Crippen molar-refractivity contribution >= 4 is 11.9 Å². The summed E-state index contributed by atoms with van der Waals surface area (Å²) in [6.45, 7) is 4.88. The Morgan fingerprint density at radius 3 is 2.53 bits per heavy atom. The fraction of sp³-hybridized carbons (Fsp3) is 0.800. The number of carboxylic acid groups (broad SMARTS) is 1. The van der Waals surface area contributed by atoms with Gasteiger partial charge in [-0.2, -0.15) is 0 Å². The Hall–Kier alpha value is -1.10. The van der Waals surface area contributed by atoms with Crippen LogP contribution in [0.3, 0.4) is 0 Å². The van der Waals surface area contributed by atoms with Gasteiger partial charge in [-0.05, 0) is 19.3 Å². The zero-order valence-electron chi connectivity index (χ0n) is 9.14. The van der Waals surface area contributed by atoms with E-state index in [1.54, 1.807) is 6.92 Å². The van der Waals surface area contributed by atoms with E-state index >= 15 is 0 Å². The third kappa shape index (κ3) is 2.92. The second-order valence-electron chi connectivity index (χ2n) is 4.41. The van der Waals surface area contributed by atoms with Crippen LogP contribution in [0.5, 0.6) is 0 Å². The highest BCUT2D eigenvalue weighted by atomic mass is 16.4. The van der Waals surface area contributed by atoms with Crippen LogP contribution in [-0.4, -0.2) is 41.0 Å². The van der Waals surface area contributed by atoms with Crippen molar-refractivity contribution in [1.29, 1.82) is 0 Å². The molecule has 0 radical (unpaired) electrons. The number of nitrogens with two attached hydrogens (primary N) is 1. The van der Waals surface area contributed by atoms with Crippen molar-refractivity contribution in [2.45, 2.75) is 26.3 Å². The Balaban J connectivity index is 2.67. The Bertz CT molecular complexity index is 267. The lowest BCUT2D eigenvalue weighted by molar-refractivity contribution is -0.145. The highest BCUT2D eigenvalue weighted by Gasteiger charge is 2.32. The number of piperidine rings is 1. The van der Waals surface area contributed by atoms with Gasteiger partial charge in [0.05, 0.1) is 12.0 Å². The first-order valence-electron chi connectivity index (χ1n) is 5.18. The fourth-order valence-electron chi connectivity index (χ4n) is 2.07. The summed E-state index contributed by atoms with van der Waals surface area (Å²) in [4.78, 5) is 23.8. The van der Waals surface area contributed by atoms with Crippen molar-refractivity contribution in [3.63, 3.8) is 0 Å². The predicted molar refractivity (Wildman–Crippen MR) is 55.1 cm³/mol. The summed E-state index contributed by atoms with van der Waals surface area (Å²) in [5, 5.41) is 8.95. The second-order valence-corrected chi connectivity index (χ2v) is 4.41. The van der Waals surface area contributed by atoms with Gasteiger partial charge < -0.3 is 10.8 Å². The average molecular weight is 214 g/mol. The van der Waals surface area contributed by atoms with Gasteiger partial charge in [-0.1, -0.05) is 6.92 Å². The molecule has 1 saturated heterocycles. The second kappa shape index (κ2) is 4.61. The van der Waals surface area contributed by atoms with Crippen LogP contribution in [0.2, 0.25) is 0 Å². The number of primary amides is 1. The topological polar surface area (TPSA) is 83.6 Å². The molecule has 0 aliphatic carbocycles. The molecule has 0 aromatic carbocycles. The van der Waals surface area contributed by atoms with Gasteiger partial charge in [0.25, 0.3) is 0 Å². The third-order valence-corrected chi connectivity index (χ3v) is 3.00. The molecule has 1 aliphatic heterocycles. The van der Waals surface area contributed by atoms with Crippen molar-refractivity contribution in [2.75, 3.05) is 13.1 Å². The van der Waals surface area contributed by atoms with Gasteiger partial charge in [-0.15, -0.1) is 0 Å². The zero-order valence-corrected chi connectivity index (χ0v) is 9.14. The molecule has 1 aliphatic rings. The molecule has 0 saturated carbocycles. The molecule has 15 heavy (non-hydrogen) atoms. The number of likely N-dealkylation sites (tertiary alicyclic amines) is 1. The van der Waals surface area contributed by atoms with Crippen molar-refractivity contribution in [2.24, 2.45) is 17.6 Å². The molecule has 0 spiro atoms. The number of rotatable bonds is 3. The van der Waals surface area contributed by atoms with Gasteiger partial charge in [-0.25, -0.2) is 0 Å². The summed E-state index contributed by atoms with van der Waals surface area (Å²) in [6.07, 6.45) is 0.678. The minimum absolute atomic E-state index is 0.293. The van der Waals surface area contributed by atoms with E-state index in [2.05, 4.69) is 0 Å². The normalized spacial score (nSPS) is 29.7. The van der Waals surface area contributed by atoms with E-state index < -0.39 is 11.9 Å². The molecule has 1 fully saturated rings. The summed E-state index contributed by atoms with van der Waals surface area (Å²) >= 11 is 0. The molecular weight excluding hydrogens is 196 g/mol. The van der Waals surface area contributed by atoms with Crippen LogP contribution in [0.4, 0.5) is 0 Å². The minimum atomic E-state index is -0.789. The maximum Gasteiger partial charge on any atom is 0.307 e. The Kier molecular flexibility index (Phi) is 3.68. The van der Waals surface area contributed by atoms with E-state index in [9.17, 15) is 9.59 Å². The molecule has 5 heteroatoms. The monoisotopic (exact) mass is 214 g/mol. The highest BCUT2D eigenvalue weighted by molar-refractivity contribution is 5.79. The standard InChI is InChI=1S/C10H18N2O3/c1-6-3-8(10(14)15)5-12(4-6)7(2)9(11)13/h6-8H,3-5H2,1-2H3,(H2,11,13)(H,14,15). The molecule has 5 nitrogen and oxygen atoms in total. The molecule has 1 heterocycles. The number of carbonyl (C=O) groups excluding carboxylic acids is 1. The SMILES string of the molecule is CC1CC(C(=O)O)CN(C(C)C(N)=O)C1. The zero-order chi connectivity index (χ0) is 11.6. The first-order valence-corrected chi connectivity index (χ1v) is 5.18. The molecular formula is C10H18N2O3. The van der Waals surface area contributed by atoms with Gasteiger partial charge >= 0.3 is 5.97 Å². The summed E-state index contributed by atoms with van der Waals surface area (Å²) in [7, 11) is 0. The Morgan fingerprint density at radius 2 is 2.07 bits per heavy atom. The van der Waals surface area contributed by atoms with Crippen molar-refractivity contribution in [1.82, 2.24) is 4.90 Å². The minimum Gasteiger partial charge on any atom is -0.481 e. The molecule has 3 unspecified atom stereocenters. The van der Waals surface area contributed by atoms with Crippen LogP contribution in [-0.2, 0) is 9.59 Å². The number of carbonyl (C=O) groups is 2. The molecule has 0 aromatic heterocycles. The van der Waals surface area contributed by atoms with Crippen molar-refractivity contribution < 1.29 is 14.7 Å². The molecule has 3 N–H and O–H groups in total. The highest BCUT2D eigenvalue weighted by Crippen LogP contribution is 2.23. The average Bonchev–Trinajstić information content (AvgIpc) is 2.15. The van der Waals surface area contributed by atoms with Crippen LogP contribution >= 0.6 is 0 Å². The molecule has 0 aromatic rings. The van der Waals surface area contributed by atoms with E-state index in [4.69, 9.17) is 10.8 Å². The molecule has 86 valence electrons. The lowest BCUT2D eigenvalue weighted by Gasteiger charge is -2.37. The van der Waals surface area contributed by atoms with Crippen LogP contribution in [0.1, 0.15) is 20.3 Å². The van der Waals surface area contributed by atoms with Crippen LogP contribution in [0, 0.1) is 11.8 Å². The molecule has 0 bridgehead atoms. The smallest absolute Gasteiger partial charge is 0.307 e. The number of aliphatic carboxylic acids is 1. The van der Waals surface area contributed by atoms with Gasteiger partial charge in [0.1, 0.15) is 0 Å². The Morgan fingerprint density at radius 1 is 1.47 bits per heavy atom. The number of hydrogen-bond donors (Lipinski definition) is 2. The van der Waals surface area contributed by atoms with Crippen LogP contribution < -0.4 is 5.73 Å². The van der Waals surface area contributed by atoms with Crippen molar-refractivity contribution in [3.05, 3.63) is 0 Å². The quantitative estimate of drug-likeness (QED) is 0.687. The third-order valence-electron chi connectivity index (χ3n) is 3.00. The lowest BCUT2D eigenvalue weighted by atomic mass is 9.89. The van der Waals surface area contributed by atoms with E-state index in [0.717, 1.165) is 6.54 Å². The van der Waals surface area contributed by atoms with Gasteiger partial charge in [0, 0.05) is 13.1 Å². The first kappa shape index (κ1) is 12.0. The predicted octanol–water partition coefficient (Wildman–Crippen LogP) is -0.0972. The van der Waals surface area contributed by atoms with Crippen LogP contribution in [0.15, 0.2) is 0 Å². The number of amides is 1. The van der Waals surface area contributed by atoms with Crippen molar-refractivity contribution in [3.8, 4) is 0 Å². The maximum absolute atomic E-state index is 11.0. The Labute approximate surface area is 89.2 Å². The van der Waals surface area contributed by atoms with Gasteiger partial charge in [-0.3, -0.25) is 14.5 Å². The summed E-state index contributed by atoms with van der Waals surface area (Å²) in [5.74, 6) is -1.27. The molecule has 1 amide bonds. The van der Waals surface area contributed by atoms with Gasteiger partial charge in [0.15, 0.2) is 0 Å². The van der Waals surface area contributed by atoms with Gasteiger partial charge in [0.2, 0.25) is 5.91 Å². The molecule has 3 atom stereocenters. The summed E-state index contributed by atoms with van der Waals surface area (Å²) in [6, 6.07) is -0.380. The summed E-state index contributed by atoms with van der Waals surface area (Å²) < 4.78 is 0. The van der Waals surface area contributed by atoms with E-state index in [-0.39, 0.29) is 12.0 Å². The molecule has 1 rings (SSSR count). The summed E-state index contributed by atoms with van der Waals surface area (Å²) in [5.41, 5.74) is 5.21. The largest absolute Gasteiger partial charge is 0.481 e. The van der Waals surface area contributed by atoms with E-state index in [1.807, 2.05) is 11.8 Å².